The Kier molecular flexibility index (Phi) is 4.90. The maximum Gasteiger partial charge on any atom is 0.303 e. The van der Waals surface area contributed by atoms with Crippen molar-refractivity contribution in [2.45, 2.75) is 12.8 Å². The summed E-state index contributed by atoms with van der Waals surface area (Å²) in [4.78, 5) is 34.5. The number of primary amides is 1. The molecule has 0 radical (unpaired) electrons. The highest BCUT2D eigenvalue weighted by atomic mass is 32.1. The van der Waals surface area contributed by atoms with E-state index in [-0.39, 0.29) is 18.4 Å². The standard InChI is InChI=1S/C15H14N2O4S/c16-14(21)10-8-11(9-4-2-1-3-5-9)22-15(10)17-12(18)6-7-13(19)20/h1-5,8H,6-7H2,(H2,16,21)(H,17,18)(H,19,20). The third kappa shape index (κ3) is 3.92. The molecule has 1 aromatic carbocycles. The molecule has 114 valence electrons. The third-order valence-electron chi connectivity index (χ3n) is 2.87. The summed E-state index contributed by atoms with van der Waals surface area (Å²) in [6.07, 6.45) is -0.430. The molecule has 0 saturated heterocycles. The fraction of sp³-hybridized carbons (Fsp3) is 0.133. The van der Waals surface area contributed by atoms with Crippen molar-refractivity contribution in [1.29, 1.82) is 0 Å². The van der Waals surface area contributed by atoms with E-state index in [4.69, 9.17) is 10.8 Å². The number of carbonyl (C=O) groups is 3. The fourth-order valence-corrected chi connectivity index (χ4v) is 2.91. The lowest BCUT2D eigenvalue weighted by atomic mass is 10.1. The number of rotatable bonds is 6. The van der Waals surface area contributed by atoms with Gasteiger partial charge in [-0.15, -0.1) is 11.3 Å². The van der Waals surface area contributed by atoms with Crippen molar-refractivity contribution in [3.8, 4) is 10.4 Å². The topological polar surface area (TPSA) is 109 Å². The number of carboxylic acids is 1. The van der Waals surface area contributed by atoms with Crippen LogP contribution in [0.2, 0.25) is 0 Å². The summed E-state index contributed by atoms with van der Waals surface area (Å²) in [6.45, 7) is 0. The quantitative estimate of drug-likeness (QED) is 0.759. The molecule has 2 rings (SSSR count). The molecule has 22 heavy (non-hydrogen) atoms. The van der Waals surface area contributed by atoms with Crippen molar-refractivity contribution in [2.24, 2.45) is 5.73 Å². The predicted molar refractivity (Wildman–Crippen MR) is 83.8 cm³/mol. The zero-order valence-corrected chi connectivity index (χ0v) is 12.4. The van der Waals surface area contributed by atoms with E-state index in [9.17, 15) is 14.4 Å². The van der Waals surface area contributed by atoms with Gasteiger partial charge in [-0.1, -0.05) is 30.3 Å². The predicted octanol–water partition coefficient (Wildman–Crippen LogP) is 2.32. The van der Waals surface area contributed by atoms with E-state index in [0.717, 1.165) is 10.4 Å². The van der Waals surface area contributed by atoms with Crippen LogP contribution in [0.15, 0.2) is 36.4 Å². The van der Waals surface area contributed by atoms with Gasteiger partial charge in [0.2, 0.25) is 5.91 Å². The van der Waals surface area contributed by atoms with Crippen LogP contribution in [0.4, 0.5) is 5.00 Å². The van der Waals surface area contributed by atoms with Gasteiger partial charge in [0.15, 0.2) is 0 Å². The van der Waals surface area contributed by atoms with Crippen molar-refractivity contribution in [3.63, 3.8) is 0 Å². The Balaban J connectivity index is 2.23. The Morgan fingerprint density at radius 2 is 1.82 bits per heavy atom. The van der Waals surface area contributed by atoms with Crippen molar-refractivity contribution < 1.29 is 19.5 Å². The van der Waals surface area contributed by atoms with Gasteiger partial charge in [-0.05, 0) is 11.6 Å². The first kappa shape index (κ1) is 15.7. The van der Waals surface area contributed by atoms with Gasteiger partial charge in [0.1, 0.15) is 5.00 Å². The minimum atomic E-state index is -1.05. The molecular formula is C15H14N2O4S. The van der Waals surface area contributed by atoms with Crippen LogP contribution >= 0.6 is 11.3 Å². The highest BCUT2D eigenvalue weighted by molar-refractivity contribution is 7.20. The molecule has 0 saturated carbocycles. The minimum Gasteiger partial charge on any atom is -0.481 e. The van der Waals surface area contributed by atoms with E-state index < -0.39 is 17.8 Å². The number of aliphatic carboxylic acids is 1. The van der Waals surface area contributed by atoms with Gasteiger partial charge >= 0.3 is 5.97 Å². The number of carbonyl (C=O) groups excluding carboxylic acids is 2. The van der Waals surface area contributed by atoms with Crippen molar-refractivity contribution in [3.05, 3.63) is 42.0 Å². The molecule has 4 N–H and O–H groups in total. The number of carboxylic acid groups (broad SMARTS) is 1. The molecule has 0 bridgehead atoms. The molecular weight excluding hydrogens is 304 g/mol. The van der Waals surface area contributed by atoms with Gasteiger partial charge in [0.25, 0.3) is 5.91 Å². The molecule has 0 aliphatic carbocycles. The smallest absolute Gasteiger partial charge is 0.303 e. The van der Waals surface area contributed by atoms with E-state index in [0.29, 0.717) is 5.00 Å². The maximum absolute atomic E-state index is 11.7. The minimum absolute atomic E-state index is 0.161. The van der Waals surface area contributed by atoms with E-state index in [1.807, 2.05) is 30.3 Å². The summed E-state index contributed by atoms with van der Waals surface area (Å²) in [7, 11) is 0. The lowest BCUT2D eigenvalue weighted by molar-refractivity contribution is -0.138. The molecule has 6 nitrogen and oxygen atoms in total. The Morgan fingerprint density at radius 1 is 1.14 bits per heavy atom. The molecule has 1 heterocycles. The van der Waals surface area contributed by atoms with E-state index in [1.165, 1.54) is 11.3 Å². The molecule has 1 aromatic heterocycles. The number of hydrogen-bond acceptors (Lipinski definition) is 4. The molecule has 2 amide bonds. The zero-order valence-electron chi connectivity index (χ0n) is 11.5. The highest BCUT2D eigenvalue weighted by Crippen LogP contribution is 2.35. The summed E-state index contributed by atoms with van der Waals surface area (Å²) >= 11 is 1.22. The van der Waals surface area contributed by atoms with Crippen molar-refractivity contribution in [1.82, 2.24) is 0 Å². The average molecular weight is 318 g/mol. The number of thiophene rings is 1. The van der Waals surface area contributed by atoms with Gasteiger partial charge in [-0.2, -0.15) is 0 Å². The third-order valence-corrected chi connectivity index (χ3v) is 3.97. The van der Waals surface area contributed by atoms with Crippen LogP contribution in [0.3, 0.4) is 0 Å². The lowest BCUT2D eigenvalue weighted by Gasteiger charge is -2.03. The lowest BCUT2D eigenvalue weighted by Crippen LogP contribution is -2.17. The molecule has 0 aliphatic rings. The molecule has 0 aliphatic heterocycles. The van der Waals surface area contributed by atoms with Crippen LogP contribution in [0.1, 0.15) is 23.2 Å². The summed E-state index contributed by atoms with van der Waals surface area (Å²) in [5.74, 6) is -2.17. The number of hydrogen-bond donors (Lipinski definition) is 3. The van der Waals surface area contributed by atoms with Gasteiger partial charge in [-0.3, -0.25) is 14.4 Å². The van der Waals surface area contributed by atoms with Gasteiger partial charge < -0.3 is 16.2 Å². The molecule has 0 atom stereocenters. The maximum atomic E-state index is 11.7. The number of anilines is 1. The Morgan fingerprint density at radius 3 is 2.41 bits per heavy atom. The zero-order chi connectivity index (χ0) is 16.1. The number of nitrogens with one attached hydrogen (secondary N) is 1. The molecule has 2 aromatic rings. The van der Waals surface area contributed by atoms with Crippen LogP contribution < -0.4 is 11.1 Å². The van der Waals surface area contributed by atoms with E-state index >= 15 is 0 Å². The summed E-state index contributed by atoms with van der Waals surface area (Å²) in [6, 6.07) is 11.0. The van der Waals surface area contributed by atoms with Crippen molar-refractivity contribution in [2.75, 3.05) is 5.32 Å². The van der Waals surface area contributed by atoms with Crippen LogP contribution in [0.5, 0.6) is 0 Å². The molecule has 0 fully saturated rings. The largest absolute Gasteiger partial charge is 0.481 e. The van der Waals surface area contributed by atoms with Crippen LogP contribution in [-0.2, 0) is 9.59 Å². The Bertz CT molecular complexity index is 710. The second kappa shape index (κ2) is 6.86. The van der Waals surface area contributed by atoms with Crippen molar-refractivity contribution >= 4 is 34.1 Å². The highest BCUT2D eigenvalue weighted by Gasteiger charge is 2.17. The van der Waals surface area contributed by atoms with E-state index in [2.05, 4.69) is 5.32 Å². The molecule has 0 spiro atoms. The summed E-state index contributed by atoms with van der Waals surface area (Å²) in [5, 5.41) is 11.5. The van der Waals surface area contributed by atoms with Gasteiger partial charge in [-0.25, -0.2) is 0 Å². The van der Waals surface area contributed by atoms with Crippen LogP contribution in [-0.4, -0.2) is 22.9 Å². The monoisotopic (exact) mass is 318 g/mol. The number of nitrogens with two attached hydrogens (primary N) is 1. The normalized spacial score (nSPS) is 10.2. The Labute approximate surface area is 130 Å². The average Bonchev–Trinajstić information content (AvgIpc) is 2.90. The first-order valence-corrected chi connectivity index (χ1v) is 7.29. The summed E-state index contributed by atoms with van der Waals surface area (Å²) < 4.78 is 0. The second-order valence-corrected chi connectivity index (χ2v) is 5.58. The molecule has 7 heteroatoms. The first-order chi connectivity index (χ1) is 10.5. The second-order valence-electron chi connectivity index (χ2n) is 4.53. The van der Waals surface area contributed by atoms with Gasteiger partial charge in [0.05, 0.1) is 12.0 Å². The fourth-order valence-electron chi connectivity index (χ4n) is 1.82. The Hall–Kier alpha value is -2.67. The first-order valence-electron chi connectivity index (χ1n) is 6.48. The van der Waals surface area contributed by atoms with Gasteiger partial charge in [0, 0.05) is 11.3 Å². The number of benzene rings is 1. The van der Waals surface area contributed by atoms with E-state index in [1.54, 1.807) is 6.07 Å². The number of amides is 2. The summed E-state index contributed by atoms with van der Waals surface area (Å²) in [5.41, 5.74) is 6.45. The SMILES string of the molecule is NC(=O)c1cc(-c2ccccc2)sc1NC(=O)CCC(=O)O. The van der Waals surface area contributed by atoms with Crippen LogP contribution in [0, 0.1) is 0 Å². The van der Waals surface area contributed by atoms with Crippen LogP contribution in [0.25, 0.3) is 10.4 Å². The molecule has 0 unspecified atom stereocenters.